The Balaban J connectivity index is 1.41. The van der Waals surface area contributed by atoms with Gasteiger partial charge < -0.3 is 19.5 Å². The number of fused-ring (bicyclic) bond motifs is 1. The molecule has 0 aliphatic carbocycles. The fourth-order valence-electron chi connectivity index (χ4n) is 3.23. The summed E-state index contributed by atoms with van der Waals surface area (Å²) in [6.45, 7) is 3.83. The molecule has 2 saturated heterocycles. The highest BCUT2D eigenvalue weighted by Crippen LogP contribution is 2.20. The monoisotopic (exact) mass is 300 g/mol. The lowest BCUT2D eigenvalue weighted by atomic mass is 10.2. The molecule has 6 nitrogen and oxygen atoms in total. The molecule has 2 aliphatic rings. The van der Waals surface area contributed by atoms with Gasteiger partial charge in [0.2, 0.25) is 0 Å². The molecule has 0 radical (unpaired) electrons. The van der Waals surface area contributed by atoms with Gasteiger partial charge in [-0.05, 0) is 31.0 Å². The first kappa shape index (κ1) is 13.6. The molecule has 0 bridgehead atoms. The Morgan fingerprint density at radius 2 is 2.09 bits per heavy atom. The molecular formula is C16H20N4O2. The molecule has 6 heteroatoms. The molecular weight excluding hydrogens is 280 g/mol. The summed E-state index contributed by atoms with van der Waals surface area (Å²) in [7, 11) is 0. The van der Waals surface area contributed by atoms with Gasteiger partial charge in [0.05, 0.1) is 0 Å². The number of ether oxygens (including phenoxy) is 1. The third kappa shape index (κ3) is 2.43. The van der Waals surface area contributed by atoms with Gasteiger partial charge in [-0.2, -0.15) is 0 Å². The number of aromatic amines is 1. The van der Waals surface area contributed by atoms with E-state index in [2.05, 4.69) is 20.9 Å². The van der Waals surface area contributed by atoms with Gasteiger partial charge in [-0.1, -0.05) is 0 Å². The number of carbonyl (C=O) groups excluding carboxylic acids is 1. The molecule has 2 aliphatic heterocycles. The van der Waals surface area contributed by atoms with Crippen molar-refractivity contribution in [1.82, 2.24) is 14.9 Å². The smallest absolute Gasteiger partial charge is 0.251 e. The fraction of sp³-hybridized carbons (Fsp3) is 0.500. The number of nitrogens with one attached hydrogen (secondary N) is 1. The van der Waals surface area contributed by atoms with Crippen LogP contribution in [0, 0.1) is 0 Å². The predicted octanol–water partition coefficient (Wildman–Crippen LogP) is 1.39. The summed E-state index contributed by atoms with van der Waals surface area (Å²) >= 11 is 0. The third-order valence-corrected chi connectivity index (χ3v) is 4.52. The number of carbonyl (C=O) groups is 1. The van der Waals surface area contributed by atoms with Crippen LogP contribution in [0.2, 0.25) is 0 Å². The first-order valence-electron chi connectivity index (χ1n) is 7.91. The number of hydrogen-bond acceptors (Lipinski definition) is 4. The molecule has 4 rings (SSSR count). The van der Waals surface area contributed by atoms with E-state index < -0.39 is 0 Å². The molecule has 0 unspecified atom stereocenters. The van der Waals surface area contributed by atoms with E-state index in [9.17, 15) is 4.79 Å². The highest BCUT2D eigenvalue weighted by molar-refractivity contribution is 5.81. The quantitative estimate of drug-likeness (QED) is 0.910. The van der Waals surface area contributed by atoms with Crippen molar-refractivity contribution in [3.05, 3.63) is 24.4 Å². The molecule has 116 valence electrons. The summed E-state index contributed by atoms with van der Waals surface area (Å²) < 4.78 is 5.50. The fourth-order valence-corrected chi connectivity index (χ4v) is 3.23. The largest absolute Gasteiger partial charge is 0.368 e. The van der Waals surface area contributed by atoms with Crippen molar-refractivity contribution >= 4 is 22.8 Å². The summed E-state index contributed by atoms with van der Waals surface area (Å²) in [4.78, 5) is 24.3. The maximum atomic E-state index is 12.3. The Kier molecular flexibility index (Phi) is 3.46. The zero-order valence-corrected chi connectivity index (χ0v) is 12.5. The van der Waals surface area contributed by atoms with Crippen molar-refractivity contribution < 1.29 is 9.53 Å². The Morgan fingerprint density at radius 3 is 2.86 bits per heavy atom. The maximum Gasteiger partial charge on any atom is 0.251 e. The van der Waals surface area contributed by atoms with Gasteiger partial charge in [-0.3, -0.25) is 4.79 Å². The van der Waals surface area contributed by atoms with Crippen molar-refractivity contribution in [3.63, 3.8) is 0 Å². The first-order chi connectivity index (χ1) is 10.8. The second-order valence-corrected chi connectivity index (χ2v) is 5.90. The molecule has 1 atom stereocenters. The van der Waals surface area contributed by atoms with Crippen LogP contribution in [0.25, 0.3) is 11.0 Å². The van der Waals surface area contributed by atoms with Crippen LogP contribution in [0.15, 0.2) is 24.4 Å². The lowest BCUT2D eigenvalue weighted by Gasteiger charge is -2.36. The number of aromatic nitrogens is 2. The van der Waals surface area contributed by atoms with Crippen molar-refractivity contribution in [1.29, 1.82) is 0 Å². The number of anilines is 1. The number of nitrogens with zero attached hydrogens (tertiary/aromatic N) is 3. The maximum absolute atomic E-state index is 12.3. The van der Waals surface area contributed by atoms with Crippen molar-refractivity contribution in [2.75, 3.05) is 37.7 Å². The molecule has 0 saturated carbocycles. The molecule has 1 amide bonds. The van der Waals surface area contributed by atoms with E-state index in [1.807, 2.05) is 23.2 Å². The molecule has 1 N–H and O–H groups in total. The van der Waals surface area contributed by atoms with Crippen molar-refractivity contribution in [2.45, 2.75) is 18.9 Å². The Morgan fingerprint density at radius 1 is 1.23 bits per heavy atom. The number of hydrogen-bond donors (Lipinski definition) is 1. The minimum Gasteiger partial charge on any atom is -0.368 e. The standard InChI is InChI=1S/C16H20N4O2/c21-16(13-2-1-11-22-13)20-9-7-19(8-10-20)14-4-3-12-5-6-17-15(12)18-14/h3-6,13H,1-2,7-11H2,(H,17,18)/t13-/m0/s1. The van der Waals surface area contributed by atoms with Crippen molar-refractivity contribution in [3.8, 4) is 0 Å². The van der Waals surface area contributed by atoms with Gasteiger partial charge in [0.25, 0.3) is 5.91 Å². The molecule has 0 spiro atoms. The van der Waals surface area contributed by atoms with E-state index in [-0.39, 0.29) is 12.0 Å². The number of pyridine rings is 1. The lowest BCUT2D eigenvalue weighted by molar-refractivity contribution is -0.141. The second-order valence-electron chi connectivity index (χ2n) is 5.90. The highest BCUT2D eigenvalue weighted by atomic mass is 16.5. The topological polar surface area (TPSA) is 61.5 Å². The van der Waals surface area contributed by atoms with Crippen LogP contribution >= 0.6 is 0 Å². The Hall–Kier alpha value is -2.08. The zero-order chi connectivity index (χ0) is 14.9. The van der Waals surface area contributed by atoms with Crippen molar-refractivity contribution in [2.24, 2.45) is 0 Å². The third-order valence-electron chi connectivity index (χ3n) is 4.52. The molecule has 4 heterocycles. The van der Waals surface area contributed by atoms with E-state index in [0.29, 0.717) is 0 Å². The Bertz CT molecular complexity index is 670. The first-order valence-corrected chi connectivity index (χ1v) is 7.91. The van der Waals surface area contributed by atoms with Gasteiger partial charge in [0, 0.05) is 44.4 Å². The van der Waals surface area contributed by atoms with E-state index in [0.717, 1.165) is 62.5 Å². The molecule has 2 aromatic rings. The second kappa shape index (κ2) is 5.61. The van der Waals surface area contributed by atoms with Crippen LogP contribution in [-0.4, -0.2) is 59.7 Å². The van der Waals surface area contributed by atoms with E-state index in [1.54, 1.807) is 0 Å². The predicted molar refractivity (Wildman–Crippen MR) is 83.9 cm³/mol. The van der Waals surface area contributed by atoms with Gasteiger partial charge >= 0.3 is 0 Å². The van der Waals surface area contributed by atoms with Crippen LogP contribution in [0.4, 0.5) is 5.82 Å². The number of H-pyrrole nitrogens is 1. The number of amides is 1. The van der Waals surface area contributed by atoms with E-state index in [1.165, 1.54) is 0 Å². The summed E-state index contributed by atoms with van der Waals surface area (Å²) in [5.74, 6) is 1.13. The van der Waals surface area contributed by atoms with Gasteiger partial charge in [0.1, 0.15) is 17.6 Å². The van der Waals surface area contributed by atoms with Gasteiger partial charge in [-0.15, -0.1) is 0 Å². The average Bonchev–Trinajstić information content (AvgIpc) is 3.25. The lowest BCUT2D eigenvalue weighted by Crippen LogP contribution is -2.51. The van der Waals surface area contributed by atoms with E-state index >= 15 is 0 Å². The van der Waals surface area contributed by atoms with Crippen LogP contribution < -0.4 is 4.90 Å². The summed E-state index contributed by atoms with van der Waals surface area (Å²) in [5.41, 5.74) is 0.912. The molecule has 22 heavy (non-hydrogen) atoms. The van der Waals surface area contributed by atoms with Crippen LogP contribution in [0.5, 0.6) is 0 Å². The van der Waals surface area contributed by atoms with Gasteiger partial charge in [-0.25, -0.2) is 4.98 Å². The molecule has 0 aromatic carbocycles. The van der Waals surface area contributed by atoms with Gasteiger partial charge in [0.15, 0.2) is 0 Å². The van der Waals surface area contributed by atoms with Crippen LogP contribution in [0.1, 0.15) is 12.8 Å². The number of piperazine rings is 1. The molecule has 2 fully saturated rings. The summed E-state index contributed by atoms with van der Waals surface area (Å²) in [6.07, 6.45) is 3.56. The Labute approximate surface area is 129 Å². The van der Waals surface area contributed by atoms with E-state index in [4.69, 9.17) is 4.74 Å². The average molecular weight is 300 g/mol. The van der Waals surface area contributed by atoms with Crippen LogP contribution in [-0.2, 0) is 9.53 Å². The highest BCUT2D eigenvalue weighted by Gasteiger charge is 2.30. The zero-order valence-electron chi connectivity index (χ0n) is 12.5. The summed E-state index contributed by atoms with van der Waals surface area (Å²) in [6, 6.07) is 6.15. The summed E-state index contributed by atoms with van der Waals surface area (Å²) in [5, 5.41) is 1.12. The SMILES string of the molecule is O=C([C@@H]1CCCO1)N1CCN(c2ccc3cc[nH]c3n2)CC1. The van der Waals surface area contributed by atoms with Crippen LogP contribution in [0.3, 0.4) is 0 Å². The minimum atomic E-state index is -0.208. The molecule has 2 aromatic heterocycles. The normalized spacial score (nSPS) is 22.5. The minimum absolute atomic E-state index is 0.157. The number of rotatable bonds is 2.